The molecule has 5 bridgehead atoms. The third-order valence-electron chi connectivity index (χ3n) is 10.6. The molecule has 2 aromatic carbocycles. The van der Waals surface area contributed by atoms with E-state index in [9.17, 15) is 19.5 Å². The number of hydrogen-bond acceptors (Lipinski definition) is 8. The SMILES string of the molecule is COc1ccc(N2C/C=C\CCC(=O)N(C)[C@H](C)[C@@H](c3ccccc3)OC(=O)[C@@H]3[C@@H]4C=C[C@]5(O4)[C@H](C2=O)N([C@@H](CO)CC(C)C)C(=O)[C@@H]35)cc1. The maximum atomic E-state index is 15.1. The van der Waals surface area contributed by atoms with Crippen molar-refractivity contribution in [1.29, 1.82) is 0 Å². The number of hydrogen-bond donors (Lipinski definition) is 1. The summed E-state index contributed by atoms with van der Waals surface area (Å²) in [5.41, 5.74) is -0.187. The maximum Gasteiger partial charge on any atom is 0.313 e. The highest BCUT2D eigenvalue weighted by molar-refractivity contribution is 6.05. The highest BCUT2D eigenvalue weighted by Crippen LogP contribution is 2.56. The number of likely N-dealkylation sites (N-methyl/N-ethyl adjacent to an activating group) is 1. The van der Waals surface area contributed by atoms with E-state index >= 15 is 4.79 Å². The molecule has 0 saturated carbocycles. The molecule has 4 heterocycles. The van der Waals surface area contributed by atoms with E-state index in [0.29, 0.717) is 29.8 Å². The Balaban J connectivity index is 1.48. The number of likely N-dealkylation sites (tertiary alicyclic amines) is 1. The zero-order valence-electron chi connectivity index (χ0n) is 29.3. The molecule has 11 heteroatoms. The van der Waals surface area contributed by atoms with E-state index < -0.39 is 65.6 Å². The van der Waals surface area contributed by atoms with Gasteiger partial charge in [0.05, 0.1) is 37.8 Å². The number of aliphatic hydroxyl groups excluding tert-OH is 1. The molecule has 2 fully saturated rings. The van der Waals surface area contributed by atoms with Crippen molar-refractivity contribution in [1.82, 2.24) is 9.80 Å². The van der Waals surface area contributed by atoms with Gasteiger partial charge in [0.1, 0.15) is 29.4 Å². The molecule has 2 saturated heterocycles. The molecule has 266 valence electrons. The van der Waals surface area contributed by atoms with Gasteiger partial charge in [-0.2, -0.15) is 0 Å². The van der Waals surface area contributed by atoms with E-state index in [1.807, 2.05) is 63.3 Å². The van der Waals surface area contributed by atoms with Crippen LogP contribution in [0.1, 0.15) is 51.7 Å². The van der Waals surface area contributed by atoms with Crippen LogP contribution >= 0.6 is 0 Å². The molecule has 0 radical (unpaired) electrons. The summed E-state index contributed by atoms with van der Waals surface area (Å²) in [6.07, 6.45) is 6.67. The fourth-order valence-electron chi connectivity index (χ4n) is 8.01. The Morgan fingerprint density at radius 1 is 1.00 bits per heavy atom. The van der Waals surface area contributed by atoms with Crippen LogP contribution in [0.5, 0.6) is 5.75 Å². The second kappa shape index (κ2) is 14.4. The Labute approximate surface area is 293 Å². The maximum absolute atomic E-state index is 15.1. The lowest BCUT2D eigenvalue weighted by Gasteiger charge is -2.39. The molecule has 0 unspecified atom stereocenters. The van der Waals surface area contributed by atoms with Crippen LogP contribution in [-0.2, 0) is 28.7 Å². The number of aliphatic hydroxyl groups is 1. The predicted molar refractivity (Wildman–Crippen MR) is 186 cm³/mol. The van der Waals surface area contributed by atoms with E-state index in [2.05, 4.69) is 0 Å². The van der Waals surface area contributed by atoms with Gasteiger partial charge in [0.25, 0.3) is 5.91 Å². The lowest BCUT2D eigenvalue weighted by Crippen LogP contribution is -2.59. The molecule has 3 amide bonds. The van der Waals surface area contributed by atoms with Crippen LogP contribution in [0.4, 0.5) is 5.69 Å². The van der Waals surface area contributed by atoms with E-state index in [4.69, 9.17) is 14.2 Å². The Hall–Kier alpha value is -4.48. The first-order valence-electron chi connectivity index (χ1n) is 17.4. The quantitative estimate of drug-likeness (QED) is 0.342. The van der Waals surface area contributed by atoms with E-state index in [1.54, 1.807) is 60.4 Å². The van der Waals surface area contributed by atoms with Gasteiger partial charge in [-0.15, -0.1) is 0 Å². The van der Waals surface area contributed by atoms with Crippen LogP contribution < -0.4 is 9.64 Å². The Kier molecular flexibility index (Phi) is 10.2. The highest BCUT2D eigenvalue weighted by Gasteiger charge is 2.74. The molecule has 50 heavy (non-hydrogen) atoms. The number of allylic oxidation sites excluding steroid dienone is 1. The summed E-state index contributed by atoms with van der Waals surface area (Å²) in [5.74, 6) is -3.00. The molecule has 11 nitrogen and oxygen atoms in total. The summed E-state index contributed by atoms with van der Waals surface area (Å²) >= 11 is 0. The van der Waals surface area contributed by atoms with Crippen molar-refractivity contribution in [3.05, 3.63) is 84.5 Å². The summed E-state index contributed by atoms with van der Waals surface area (Å²) in [6, 6.07) is 13.9. The molecule has 4 aliphatic rings. The molecule has 1 N–H and O–H groups in total. The summed E-state index contributed by atoms with van der Waals surface area (Å²) < 4.78 is 18.3. The zero-order chi connectivity index (χ0) is 35.7. The van der Waals surface area contributed by atoms with Gasteiger partial charge >= 0.3 is 5.97 Å². The van der Waals surface area contributed by atoms with Crippen LogP contribution in [0.15, 0.2) is 78.9 Å². The molecule has 1 spiro atoms. The lowest BCUT2D eigenvalue weighted by molar-refractivity contribution is -0.164. The van der Waals surface area contributed by atoms with Crippen LogP contribution in [0, 0.1) is 17.8 Å². The van der Waals surface area contributed by atoms with Crippen molar-refractivity contribution in [2.45, 2.75) is 76.0 Å². The van der Waals surface area contributed by atoms with Crippen molar-refractivity contribution in [3.63, 3.8) is 0 Å². The monoisotopic (exact) mass is 685 g/mol. The fraction of sp³-hybridized carbons (Fsp3) is 0.487. The summed E-state index contributed by atoms with van der Waals surface area (Å²) in [7, 11) is 3.26. The standard InChI is InChI=1S/C39H47N3O8/c1-24(2)22-28(23-43)42-35-37(46)41(27-15-17-29(48-5)18-16-27)21-11-7-10-14-31(44)40(4)25(3)34(26-12-8-6-9-13-26)49-38(47)32-30-19-20-39(35,50-30)33(32)36(42)45/h6-9,11-13,15-20,24-25,28,30,32-35,43H,10,14,21-23H2,1-5H3/b11-7-/t25-,28-,30+,32-,33-,34+,35+,39-/m1/s1. The number of rotatable bonds is 7. The van der Waals surface area contributed by atoms with Crippen molar-refractivity contribution in [2.75, 3.05) is 32.2 Å². The second-order valence-electron chi connectivity index (χ2n) is 14.1. The molecular formula is C39H47N3O8. The lowest BCUT2D eigenvalue weighted by atomic mass is 9.74. The number of cyclic esters (lactones) is 1. The number of anilines is 1. The molecule has 0 aliphatic carbocycles. The van der Waals surface area contributed by atoms with Gasteiger partial charge in [0.2, 0.25) is 11.8 Å². The number of esters is 1. The normalized spacial score (nSPS) is 31.3. The van der Waals surface area contributed by atoms with E-state index in [0.717, 1.165) is 0 Å². The third kappa shape index (κ3) is 6.21. The Morgan fingerprint density at radius 2 is 1.72 bits per heavy atom. The van der Waals surface area contributed by atoms with Crippen LogP contribution in [0.2, 0.25) is 0 Å². The molecule has 2 aromatic rings. The minimum absolute atomic E-state index is 0.0983. The van der Waals surface area contributed by atoms with Crippen LogP contribution in [0.25, 0.3) is 0 Å². The van der Waals surface area contributed by atoms with Gasteiger partial charge in [0.15, 0.2) is 0 Å². The molecule has 8 atom stereocenters. The summed E-state index contributed by atoms with van der Waals surface area (Å²) in [4.78, 5) is 62.3. The molecule has 4 aliphatic heterocycles. The van der Waals surface area contributed by atoms with Gasteiger partial charge in [-0.25, -0.2) is 0 Å². The first-order valence-corrected chi connectivity index (χ1v) is 17.4. The number of carbonyl (C=O) groups is 4. The van der Waals surface area contributed by atoms with Crippen molar-refractivity contribution in [3.8, 4) is 5.75 Å². The van der Waals surface area contributed by atoms with Gasteiger partial charge in [-0.3, -0.25) is 19.2 Å². The summed E-state index contributed by atoms with van der Waals surface area (Å²) in [5, 5.41) is 10.7. The first-order chi connectivity index (χ1) is 24.0. The van der Waals surface area contributed by atoms with Crippen molar-refractivity contribution in [2.24, 2.45) is 17.8 Å². The number of ether oxygens (including phenoxy) is 3. The third-order valence-corrected chi connectivity index (χ3v) is 10.6. The molecule has 0 aromatic heterocycles. The summed E-state index contributed by atoms with van der Waals surface area (Å²) in [6.45, 7) is 5.61. The average Bonchev–Trinajstić information content (AvgIpc) is 3.77. The first kappa shape index (κ1) is 35.3. The minimum Gasteiger partial charge on any atom is -0.497 e. The van der Waals surface area contributed by atoms with Crippen molar-refractivity contribution >= 4 is 29.4 Å². The molecule has 6 rings (SSSR count). The van der Waals surface area contributed by atoms with Gasteiger partial charge in [0, 0.05) is 25.7 Å². The van der Waals surface area contributed by atoms with Crippen LogP contribution in [0.3, 0.4) is 0 Å². The van der Waals surface area contributed by atoms with Gasteiger partial charge in [-0.1, -0.05) is 68.5 Å². The minimum atomic E-state index is -1.46. The average molecular weight is 686 g/mol. The highest BCUT2D eigenvalue weighted by atomic mass is 16.6. The number of amides is 3. The second-order valence-corrected chi connectivity index (χ2v) is 14.1. The van der Waals surface area contributed by atoms with Gasteiger partial charge < -0.3 is 34.0 Å². The van der Waals surface area contributed by atoms with Gasteiger partial charge in [-0.05, 0) is 55.5 Å². The van der Waals surface area contributed by atoms with Crippen molar-refractivity contribution < 1.29 is 38.5 Å². The number of carbonyl (C=O) groups excluding carboxylic acids is 4. The van der Waals surface area contributed by atoms with Crippen LogP contribution in [-0.4, -0.2) is 95.7 Å². The van der Waals surface area contributed by atoms with E-state index in [-0.39, 0.29) is 31.4 Å². The Bertz CT molecular complexity index is 1640. The number of methoxy groups -OCH3 is 1. The smallest absolute Gasteiger partial charge is 0.313 e. The number of benzene rings is 2. The fourth-order valence-corrected chi connectivity index (χ4v) is 8.01. The molecular weight excluding hydrogens is 638 g/mol. The topological polar surface area (TPSA) is 126 Å². The predicted octanol–water partition coefficient (Wildman–Crippen LogP) is 4.07. The largest absolute Gasteiger partial charge is 0.497 e. The Morgan fingerprint density at radius 3 is 2.38 bits per heavy atom. The zero-order valence-corrected chi connectivity index (χ0v) is 29.3. The number of nitrogens with zero attached hydrogens (tertiary/aromatic N) is 3. The van der Waals surface area contributed by atoms with E-state index in [1.165, 1.54) is 4.90 Å². The number of fused-ring (bicyclic) bond motifs is 2.